The normalized spacial score (nSPS) is 10.1. The summed E-state index contributed by atoms with van der Waals surface area (Å²) in [6, 6.07) is 0. The number of nitrogens with one attached hydrogen (secondary N) is 1. The first-order valence-corrected chi connectivity index (χ1v) is 6.27. The van der Waals surface area contributed by atoms with Gasteiger partial charge in [-0.25, -0.2) is 4.98 Å². The van der Waals surface area contributed by atoms with E-state index in [1.54, 1.807) is 0 Å². The molecule has 0 saturated carbocycles. The number of nitrogens with two attached hydrogens (primary N) is 1. The second kappa shape index (κ2) is 8.00. The van der Waals surface area contributed by atoms with Gasteiger partial charge in [-0.2, -0.15) is 4.98 Å². The summed E-state index contributed by atoms with van der Waals surface area (Å²) in [7, 11) is 0. The SMILES string of the molecule is CC(=O)C(C)=O.Nc1nc2c(ncn2COCCO)c(=O)[nH]1. The highest BCUT2D eigenvalue weighted by Crippen LogP contribution is 2.05. The third-order valence-electron chi connectivity index (χ3n) is 2.45. The van der Waals surface area contributed by atoms with Gasteiger partial charge < -0.3 is 15.6 Å². The Labute approximate surface area is 124 Å². The molecule has 0 amide bonds. The van der Waals surface area contributed by atoms with Crippen molar-refractivity contribution >= 4 is 28.7 Å². The Balaban J connectivity index is 0.000000346. The van der Waals surface area contributed by atoms with Gasteiger partial charge >= 0.3 is 0 Å². The van der Waals surface area contributed by atoms with Crippen LogP contribution in [0.5, 0.6) is 0 Å². The number of ketones is 2. The van der Waals surface area contributed by atoms with Crippen molar-refractivity contribution in [1.29, 1.82) is 0 Å². The molecule has 0 atom stereocenters. The van der Waals surface area contributed by atoms with Crippen LogP contribution in [-0.4, -0.2) is 49.4 Å². The molecule has 2 aromatic rings. The van der Waals surface area contributed by atoms with E-state index >= 15 is 0 Å². The number of H-pyrrole nitrogens is 1. The van der Waals surface area contributed by atoms with E-state index in [0.717, 1.165) is 0 Å². The zero-order valence-electron chi connectivity index (χ0n) is 12.2. The summed E-state index contributed by atoms with van der Waals surface area (Å²) in [5.41, 5.74) is 5.60. The lowest BCUT2D eigenvalue weighted by atomic mass is 10.3. The Hall–Kier alpha value is -2.59. The molecule has 2 heterocycles. The summed E-state index contributed by atoms with van der Waals surface area (Å²) in [6.45, 7) is 2.80. The van der Waals surface area contributed by atoms with E-state index < -0.39 is 0 Å². The fraction of sp³-hybridized carbons (Fsp3) is 0.417. The molecule has 2 rings (SSSR count). The Morgan fingerprint density at radius 2 is 2.05 bits per heavy atom. The minimum atomic E-state index is -0.386. The van der Waals surface area contributed by atoms with Crippen LogP contribution in [0.2, 0.25) is 0 Å². The molecule has 0 aromatic carbocycles. The fourth-order valence-corrected chi connectivity index (χ4v) is 1.29. The molecule has 0 bridgehead atoms. The van der Waals surface area contributed by atoms with Crippen LogP contribution in [0.25, 0.3) is 11.2 Å². The standard InChI is InChI=1S/C8H11N5O3.C4H6O2/c9-8-11-6-5(7(15)12-8)10-3-13(6)4-16-2-1-14;1-3(5)4(2)6/h3,14H,1-2,4H2,(H3,9,11,12,15);1-2H3. The maximum absolute atomic E-state index is 11.4. The van der Waals surface area contributed by atoms with Gasteiger partial charge in [0.05, 0.1) is 19.5 Å². The maximum Gasteiger partial charge on any atom is 0.280 e. The number of aliphatic hydroxyl groups excluding tert-OH is 1. The Morgan fingerprint density at radius 3 is 2.59 bits per heavy atom. The van der Waals surface area contributed by atoms with Crippen molar-refractivity contribution in [3.05, 3.63) is 16.7 Å². The van der Waals surface area contributed by atoms with Gasteiger partial charge in [0.2, 0.25) is 5.95 Å². The van der Waals surface area contributed by atoms with Crippen LogP contribution in [0.3, 0.4) is 0 Å². The van der Waals surface area contributed by atoms with Crippen LogP contribution >= 0.6 is 0 Å². The first-order chi connectivity index (χ1) is 10.4. The number of aromatic nitrogens is 4. The van der Waals surface area contributed by atoms with Gasteiger partial charge in [0.15, 0.2) is 22.7 Å². The predicted octanol–water partition coefficient (Wildman–Crippen LogP) is -1.17. The Bertz CT molecular complexity index is 708. The van der Waals surface area contributed by atoms with Gasteiger partial charge in [-0.1, -0.05) is 0 Å². The van der Waals surface area contributed by atoms with Gasteiger partial charge in [-0.15, -0.1) is 0 Å². The quantitative estimate of drug-likeness (QED) is 0.461. The number of aromatic amines is 1. The smallest absolute Gasteiger partial charge is 0.280 e. The number of aliphatic hydroxyl groups is 1. The summed E-state index contributed by atoms with van der Waals surface area (Å²) < 4.78 is 6.63. The number of anilines is 1. The monoisotopic (exact) mass is 311 g/mol. The van der Waals surface area contributed by atoms with Crippen LogP contribution in [0, 0.1) is 0 Å². The molecule has 2 aromatic heterocycles. The molecular formula is C12H17N5O5. The molecule has 0 unspecified atom stereocenters. The second-order valence-corrected chi connectivity index (χ2v) is 4.21. The van der Waals surface area contributed by atoms with E-state index in [1.807, 2.05) is 0 Å². The average molecular weight is 311 g/mol. The van der Waals surface area contributed by atoms with E-state index in [9.17, 15) is 14.4 Å². The summed E-state index contributed by atoms with van der Waals surface area (Å²) in [5, 5.41) is 8.56. The van der Waals surface area contributed by atoms with Crippen LogP contribution in [0.15, 0.2) is 11.1 Å². The third-order valence-corrected chi connectivity index (χ3v) is 2.45. The molecule has 0 aliphatic rings. The number of ether oxygens (including phenoxy) is 1. The van der Waals surface area contributed by atoms with Gasteiger partial charge in [-0.05, 0) is 0 Å². The van der Waals surface area contributed by atoms with Gasteiger partial charge in [-0.3, -0.25) is 23.9 Å². The molecule has 10 nitrogen and oxygen atoms in total. The Morgan fingerprint density at radius 1 is 1.41 bits per heavy atom. The summed E-state index contributed by atoms with van der Waals surface area (Å²) in [6.07, 6.45) is 1.43. The van der Waals surface area contributed by atoms with Crippen LogP contribution in [-0.2, 0) is 21.1 Å². The van der Waals surface area contributed by atoms with Crippen molar-refractivity contribution in [3.63, 3.8) is 0 Å². The number of hydrogen-bond donors (Lipinski definition) is 3. The Kier molecular flexibility index (Phi) is 6.35. The summed E-state index contributed by atoms with van der Waals surface area (Å²) in [4.78, 5) is 41.2. The van der Waals surface area contributed by atoms with E-state index in [0.29, 0.717) is 5.65 Å². The van der Waals surface area contributed by atoms with Gasteiger partial charge in [0, 0.05) is 13.8 Å². The van der Waals surface area contributed by atoms with E-state index in [1.165, 1.54) is 24.7 Å². The highest BCUT2D eigenvalue weighted by Gasteiger charge is 2.08. The molecular weight excluding hydrogens is 294 g/mol. The summed E-state index contributed by atoms with van der Waals surface area (Å²) >= 11 is 0. The number of rotatable bonds is 5. The number of fused-ring (bicyclic) bond motifs is 1. The molecule has 4 N–H and O–H groups in total. The first-order valence-electron chi connectivity index (χ1n) is 6.27. The van der Waals surface area contributed by atoms with Crippen molar-refractivity contribution in [3.8, 4) is 0 Å². The molecule has 0 saturated heterocycles. The van der Waals surface area contributed by atoms with Crippen molar-refractivity contribution in [1.82, 2.24) is 19.5 Å². The second-order valence-electron chi connectivity index (χ2n) is 4.21. The number of nitrogens with zero attached hydrogens (tertiary/aromatic N) is 3. The first kappa shape index (κ1) is 17.5. The molecule has 120 valence electrons. The zero-order valence-corrected chi connectivity index (χ0v) is 12.2. The molecule has 10 heteroatoms. The fourth-order valence-electron chi connectivity index (χ4n) is 1.29. The van der Waals surface area contributed by atoms with E-state index in [4.69, 9.17) is 15.6 Å². The third kappa shape index (κ3) is 4.75. The maximum atomic E-state index is 11.4. The lowest BCUT2D eigenvalue weighted by molar-refractivity contribution is -0.134. The minimum Gasteiger partial charge on any atom is -0.394 e. The number of Topliss-reactive ketones (excluding diaryl/α,β-unsaturated/α-hetero) is 2. The summed E-state index contributed by atoms with van der Waals surface area (Å²) in [5.74, 6) is -0.730. The molecule has 0 aliphatic heterocycles. The van der Waals surface area contributed by atoms with Crippen LogP contribution in [0.1, 0.15) is 13.8 Å². The number of nitrogen functional groups attached to an aromatic ring is 1. The zero-order chi connectivity index (χ0) is 16.7. The van der Waals surface area contributed by atoms with Gasteiger partial charge in [0.25, 0.3) is 5.56 Å². The van der Waals surface area contributed by atoms with E-state index in [-0.39, 0.29) is 48.5 Å². The highest BCUT2D eigenvalue weighted by atomic mass is 16.5. The number of hydrogen-bond acceptors (Lipinski definition) is 8. The van der Waals surface area contributed by atoms with E-state index in [2.05, 4.69) is 15.0 Å². The molecule has 0 fully saturated rings. The molecule has 22 heavy (non-hydrogen) atoms. The minimum absolute atomic E-state index is 0.0291. The van der Waals surface area contributed by atoms with Crippen molar-refractivity contribution in [2.75, 3.05) is 18.9 Å². The number of imidazole rings is 1. The molecule has 0 spiro atoms. The lowest BCUT2D eigenvalue weighted by Crippen LogP contribution is -2.13. The molecule has 0 radical (unpaired) electrons. The molecule has 0 aliphatic carbocycles. The number of carbonyl (C=O) groups is 2. The van der Waals surface area contributed by atoms with Crippen molar-refractivity contribution in [2.45, 2.75) is 20.6 Å². The topological polar surface area (TPSA) is 153 Å². The predicted molar refractivity (Wildman–Crippen MR) is 77.0 cm³/mol. The van der Waals surface area contributed by atoms with Crippen LogP contribution < -0.4 is 11.3 Å². The number of carbonyl (C=O) groups excluding carboxylic acids is 2. The van der Waals surface area contributed by atoms with Gasteiger partial charge in [0.1, 0.15) is 6.73 Å². The largest absolute Gasteiger partial charge is 0.394 e. The lowest BCUT2D eigenvalue weighted by Gasteiger charge is -2.03. The van der Waals surface area contributed by atoms with Crippen molar-refractivity contribution in [2.24, 2.45) is 0 Å². The average Bonchev–Trinajstić information content (AvgIpc) is 2.83. The highest BCUT2D eigenvalue weighted by molar-refractivity contribution is 6.35. The van der Waals surface area contributed by atoms with Crippen LogP contribution in [0.4, 0.5) is 5.95 Å². The van der Waals surface area contributed by atoms with Crippen molar-refractivity contribution < 1.29 is 19.4 Å².